The van der Waals surface area contributed by atoms with Crippen molar-refractivity contribution in [2.45, 2.75) is 26.0 Å². The van der Waals surface area contributed by atoms with Crippen molar-refractivity contribution in [3.63, 3.8) is 0 Å². The lowest BCUT2D eigenvalue weighted by molar-refractivity contribution is 0.296. The Balaban J connectivity index is 1.57. The van der Waals surface area contributed by atoms with Crippen LogP contribution >= 0.6 is 34.2 Å². The highest BCUT2D eigenvalue weighted by molar-refractivity contribution is 14.1. The SMILES string of the molecule is Fc1ccc(COc2ccc(Cl)cc2CN2CCCc3c(I)ccnc32)c(F)c1. The molecular formula is C22H18ClF2IN2O. The van der Waals surface area contributed by atoms with Crippen molar-refractivity contribution in [3.8, 4) is 5.75 Å². The highest BCUT2D eigenvalue weighted by Gasteiger charge is 2.21. The number of anilines is 1. The zero-order valence-electron chi connectivity index (χ0n) is 15.5. The van der Waals surface area contributed by atoms with Crippen molar-refractivity contribution in [3.05, 3.63) is 85.6 Å². The van der Waals surface area contributed by atoms with Gasteiger partial charge in [0.25, 0.3) is 0 Å². The summed E-state index contributed by atoms with van der Waals surface area (Å²) in [5, 5.41) is 0.605. The summed E-state index contributed by atoms with van der Waals surface area (Å²) in [6.07, 6.45) is 3.89. The molecule has 3 aromatic rings. The molecule has 0 aliphatic carbocycles. The second-order valence-corrected chi connectivity index (χ2v) is 8.50. The summed E-state index contributed by atoms with van der Waals surface area (Å²) in [5.74, 6) is 0.378. The lowest BCUT2D eigenvalue weighted by Gasteiger charge is -2.31. The standard InChI is InChI=1S/C22H18ClF2IN2O/c23-16-4-6-21(29-13-14-3-5-17(24)11-19(14)25)15(10-16)12-28-9-1-2-18-20(26)7-8-27-22(18)28/h3-8,10-11H,1-2,9,12-13H2. The van der Waals surface area contributed by atoms with Gasteiger partial charge >= 0.3 is 0 Å². The molecule has 1 aliphatic rings. The first-order valence-electron chi connectivity index (χ1n) is 9.25. The Bertz CT molecular complexity index is 1050. The third kappa shape index (κ3) is 4.64. The van der Waals surface area contributed by atoms with Crippen molar-refractivity contribution >= 4 is 40.0 Å². The van der Waals surface area contributed by atoms with Crippen LogP contribution in [-0.4, -0.2) is 11.5 Å². The molecule has 3 nitrogen and oxygen atoms in total. The predicted molar refractivity (Wildman–Crippen MR) is 118 cm³/mol. The van der Waals surface area contributed by atoms with Crippen LogP contribution in [0.2, 0.25) is 5.02 Å². The molecule has 0 N–H and O–H groups in total. The fraction of sp³-hybridized carbons (Fsp3) is 0.227. The molecule has 0 amide bonds. The van der Waals surface area contributed by atoms with Gasteiger partial charge in [0.1, 0.15) is 29.8 Å². The number of aromatic nitrogens is 1. The highest BCUT2D eigenvalue weighted by atomic mass is 127. The smallest absolute Gasteiger partial charge is 0.133 e. The average molecular weight is 527 g/mol. The van der Waals surface area contributed by atoms with Crippen LogP contribution in [0.1, 0.15) is 23.1 Å². The van der Waals surface area contributed by atoms with E-state index in [4.69, 9.17) is 16.3 Å². The molecule has 0 bridgehead atoms. The van der Waals surface area contributed by atoms with Gasteiger partial charge in [0.05, 0.1) is 0 Å². The molecule has 0 saturated heterocycles. The largest absolute Gasteiger partial charge is 0.488 e. The Morgan fingerprint density at radius 1 is 1.10 bits per heavy atom. The lowest BCUT2D eigenvalue weighted by Crippen LogP contribution is -2.30. The molecule has 0 saturated carbocycles. The fourth-order valence-electron chi connectivity index (χ4n) is 3.48. The van der Waals surface area contributed by atoms with Crippen LogP contribution in [0.3, 0.4) is 0 Å². The van der Waals surface area contributed by atoms with Gasteiger partial charge < -0.3 is 9.64 Å². The summed E-state index contributed by atoms with van der Waals surface area (Å²) < 4.78 is 34.2. The number of ether oxygens (including phenoxy) is 1. The second-order valence-electron chi connectivity index (χ2n) is 6.90. The summed E-state index contributed by atoms with van der Waals surface area (Å²) in [5.41, 5.74) is 2.46. The Kier molecular flexibility index (Phi) is 6.20. The van der Waals surface area contributed by atoms with E-state index in [1.54, 1.807) is 12.1 Å². The van der Waals surface area contributed by atoms with Crippen molar-refractivity contribution in [1.29, 1.82) is 0 Å². The molecule has 1 aliphatic heterocycles. The van der Waals surface area contributed by atoms with Gasteiger partial charge in [-0.05, 0) is 71.8 Å². The van der Waals surface area contributed by atoms with Crippen LogP contribution in [0.25, 0.3) is 0 Å². The molecular weight excluding hydrogens is 509 g/mol. The Labute approximate surface area is 186 Å². The molecule has 29 heavy (non-hydrogen) atoms. The van der Waals surface area contributed by atoms with E-state index in [1.165, 1.54) is 21.3 Å². The molecule has 0 atom stereocenters. The van der Waals surface area contributed by atoms with Crippen molar-refractivity contribution in [2.24, 2.45) is 0 Å². The molecule has 0 unspecified atom stereocenters. The minimum Gasteiger partial charge on any atom is -0.488 e. The Morgan fingerprint density at radius 2 is 1.97 bits per heavy atom. The van der Waals surface area contributed by atoms with E-state index in [9.17, 15) is 8.78 Å². The highest BCUT2D eigenvalue weighted by Crippen LogP contribution is 2.32. The molecule has 1 aromatic heterocycles. The first-order chi connectivity index (χ1) is 14.0. The third-order valence-corrected chi connectivity index (χ3v) is 6.16. The van der Waals surface area contributed by atoms with Crippen LogP contribution in [0, 0.1) is 15.2 Å². The van der Waals surface area contributed by atoms with Gasteiger partial charge in [0.2, 0.25) is 0 Å². The number of hydrogen-bond acceptors (Lipinski definition) is 3. The lowest BCUT2D eigenvalue weighted by atomic mass is 10.0. The zero-order valence-corrected chi connectivity index (χ0v) is 18.4. The summed E-state index contributed by atoms with van der Waals surface area (Å²) >= 11 is 8.57. The van der Waals surface area contributed by atoms with E-state index in [1.807, 2.05) is 18.3 Å². The minimum absolute atomic E-state index is 0.00742. The molecule has 4 rings (SSSR count). The maximum absolute atomic E-state index is 13.9. The maximum Gasteiger partial charge on any atom is 0.133 e. The monoisotopic (exact) mass is 526 g/mol. The summed E-state index contributed by atoms with van der Waals surface area (Å²) in [4.78, 5) is 6.81. The number of benzene rings is 2. The third-order valence-electron chi connectivity index (χ3n) is 4.91. The molecule has 0 fully saturated rings. The van der Waals surface area contributed by atoms with E-state index >= 15 is 0 Å². The van der Waals surface area contributed by atoms with Crippen LogP contribution in [0.5, 0.6) is 5.75 Å². The van der Waals surface area contributed by atoms with Gasteiger partial charge in [-0.15, -0.1) is 0 Å². The van der Waals surface area contributed by atoms with Crippen molar-refractivity contribution in [1.82, 2.24) is 4.98 Å². The van der Waals surface area contributed by atoms with Gasteiger partial charge in [0.15, 0.2) is 0 Å². The number of nitrogens with zero attached hydrogens (tertiary/aromatic N) is 2. The number of halogens is 4. The van der Waals surface area contributed by atoms with E-state index in [2.05, 4.69) is 32.5 Å². The first kappa shape index (κ1) is 20.3. The van der Waals surface area contributed by atoms with Crippen molar-refractivity contribution in [2.75, 3.05) is 11.4 Å². The number of fused-ring (bicyclic) bond motifs is 1. The summed E-state index contributed by atoms with van der Waals surface area (Å²) in [7, 11) is 0. The topological polar surface area (TPSA) is 25.4 Å². The molecule has 7 heteroatoms. The van der Waals surface area contributed by atoms with E-state index < -0.39 is 11.6 Å². The molecule has 0 spiro atoms. The second kappa shape index (κ2) is 8.83. The number of pyridine rings is 1. The first-order valence-corrected chi connectivity index (χ1v) is 10.7. The van der Waals surface area contributed by atoms with Crippen LogP contribution in [0.4, 0.5) is 14.6 Å². The van der Waals surface area contributed by atoms with Crippen molar-refractivity contribution < 1.29 is 13.5 Å². The van der Waals surface area contributed by atoms with Crippen LogP contribution in [0.15, 0.2) is 48.7 Å². The van der Waals surface area contributed by atoms with E-state index in [-0.39, 0.29) is 6.61 Å². The fourth-order valence-corrected chi connectivity index (χ4v) is 4.35. The Morgan fingerprint density at radius 3 is 2.79 bits per heavy atom. The number of hydrogen-bond donors (Lipinski definition) is 0. The molecule has 0 radical (unpaired) electrons. The van der Waals surface area contributed by atoms with Gasteiger partial charge in [-0.2, -0.15) is 0 Å². The molecule has 150 valence electrons. The van der Waals surface area contributed by atoms with Crippen LogP contribution in [-0.2, 0) is 19.6 Å². The quantitative estimate of drug-likeness (QED) is 0.373. The minimum atomic E-state index is -0.621. The molecule has 2 heterocycles. The normalized spacial score (nSPS) is 13.3. The predicted octanol–water partition coefficient (Wildman–Crippen LogP) is 6.15. The van der Waals surface area contributed by atoms with Gasteiger partial charge in [-0.25, -0.2) is 13.8 Å². The zero-order chi connectivity index (χ0) is 20.4. The van der Waals surface area contributed by atoms with E-state index in [0.717, 1.165) is 36.8 Å². The maximum atomic E-state index is 13.9. The van der Waals surface area contributed by atoms with Crippen LogP contribution < -0.4 is 9.64 Å². The summed E-state index contributed by atoms with van der Waals surface area (Å²) in [6.45, 7) is 1.48. The van der Waals surface area contributed by atoms with Gasteiger partial charge in [0, 0.05) is 50.6 Å². The van der Waals surface area contributed by atoms with Gasteiger partial charge in [-0.3, -0.25) is 0 Å². The molecule has 2 aromatic carbocycles. The van der Waals surface area contributed by atoms with E-state index in [0.29, 0.717) is 22.9 Å². The van der Waals surface area contributed by atoms with Gasteiger partial charge in [-0.1, -0.05) is 11.6 Å². The summed E-state index contributed by atoms with van der Waals surface area (Å²) in [6, 6.07) is 10.9. The number of rotatable bonds is 5. The Hall–Kier alpha value is -1.93. The average Bonchev–Trinajstić information content (AvgIpc) is 2.69.